The molecule has 1 N–H and O–H groups in total. The Kier molecular flexibility index (Phi) is 3.46. The average molecular weight is 298 g/mol. The molecule has 5 heteroatoms. The van der Waals surface area contributed by atoms with E-state index in [9.17, 15) is 14.7 Å². The first-order chi connectivity index (χ1) is 8.94. The molecule has 3 rings (SSSR count). The Morgan fingerprint density at radius 2 is 1.70 bits per heavy atom. The van der Waals surface area contributed by atoms with E-state index in [1.165, 1.54) is 0 Å². The van der Waals surface area contributed by atoms with Gasteiger partial charge in [-0.15, -0.1) is 0 Å². The third kappa shape index (κ3) is 2.25. The van der Waals surface area contributed by atoms with Crippen LogP contribution in [-0.4, -0.2) is 30.8 Å². The second-order valence-corrected chi connectivity index (χ2v) is 12.8. The Morgan fingerprint density at radius 3 is 2.05 bits per heavy atom. The quantitative estimate of drug-likeness (QED) is 0.641. The molecule has 0 heterocycles. The van der Waals surface area contributed by atoms with Gasteiger partial charge in [-0.05, 0) is 43.8 Å². The molecule has 0 unspecified atom stereocenters. The number of Topliss-reactive ketones (excluding diaryl/α,β-unsaturated/α-hetero) is 1. The predicted octanol–water partition coefficient (Wildman–Crippen LogP) is 3.36. The molecule has 3 fully saturated rings. The Bertz CT molecular complexity index is 439. The summed E-state index contributed by atoms with van der Waals surface area (Å²) in [4.78, 5) is 23.8. The summed E-state index contributed by atoms with van der Waals surface area (Å²) in [5.74, 6) is -1.07. The Labute approximate surface area is 122 Å². The van der Waals surface area contributed by atoms with Crippen LogP contribution < -0.4 is 0 Å². The molecule has 0 atom stereocenters. The molecule has 3 aliphatic rings. The fourth-order valence-corrected chi connectivity index (χ4v) is 4.88. The summed E-state index contributed by atoms with van der Waals surface area (Å²) < 4.78 is 6.54. The fraction of sp³-hybridized carbons (Fsp3) is 0.867. The van der Waals surface area contributed by atoms with E-state index in [0.717, 1.165) is 0 Å². The van der Waals surface area contributed by atoms with Crippen molar-refractivity contribution >= 4 is 20.1 Å². The van der Waals surface area contributed by atoms with E-state index >= 15 is 0 Å². The van der Waals surface area contributed by atoms with E-state index < -0.39 is 25.3 Å². The number of hydrogen-bond acceptors (Lipinski definition) is 3. The van der Waals surface area contributed by atoms with Gasteiger partial charge in [-0.1, -0.05) is 20.8 Å². The molecule has 0 aromatic heterocycles. The maximum absolute atomic E-state index is 12.3. The third-order valence-electron chi connectivity index (χ3n) is 5.72. The van der Waals surface area contributed by atoms with Crippen LogP contribution in [0.2, 0.25) is 18.1 Å². The summed E-state index contributed by atoms with van der Waals surface area (Å²) in [6.45, 7) is 10.9. The van der Waals surface area contributed by atoms with Crippen LogP contribution in [0.15, 0.2) is 0 Å². The van der Waals surface area contributed by atoms with Gasteiger partial charge in [0, 0.05) is 6.42 Å². The molecule has 0 aromatic rings. The van der Waals surface area contributed by atoms with Gasteiger partial charge >= 0.3 is 5.97 Å². The fourth-order valence-electron chi connectivity index (χ4n) is 3.22. The van der Waals surface area contributed by atoms with Crippen molar-refractivity contribution < 1.29 is 19.1 Å². The van der Waals surface area contributed by atoms with E-state index in [2.05, 4.69) is 33.9 Å². The molecule has 0 aromatic carbocycles. The van der Waals surface area contributed by atoms with Crippen LogP contribution in [0.5, 0.6) is 0 Å². The van der Waals surface area contributed by atoms with E-state index in [1.807, 2.05) is 0 Å². The largest absolute Gasteiger partial charge is 0.480 e. The van der Waals surface area contributed by atoms with E-state index in [1.54, 1.807) is 0 Å². The van der Waals surface area contributed by atoms with Crippen LogP contribution in [0.4, 0.5) is 0 Å². The Balaban J connectivity index is 2.21. The minimum absolute atomic E-state index is 0.101. The van der Waals surface area contributed by atoms with Crippen LogP contribution in [-0.2, 0) is 14.0 Å². The number of rotatable bonds is 3. The van der Waals surface area contributed by atoms with Crippen LogP contribution in [0.3, 0.4) is 0 Å². The average Bonchev–Trinajstić information content (AvgIpc) is 2.27. The Morgan fingerprint density at radius 1 is 1.20 bits per heavy atom. The van der Waals surface area contributed by atoms with Gasteiger partial charge in [-0.2, -0.15) is 0 Å². The van der Waals surface area contributed by atoms with Gasteiger partial charge in [0.2, 0.25) is 0 Å². The molecule has 20 heavy (non-hydrogen) atoms. The number of aliphatic carboxylic acids is 1. The third-order valence-corrected chi connectivity index (χ3v) is 10.3. The predicted molar refractivity (Wildman–Crippen MR) is 79.2 cm³/mol. The van der Waals surface area contributed by atoms with Crippen molar-refractivity contribution in [3.05, 3.63) is 0 Å². The lowest BCUT2D eigenvalue weighted by Crippen LogP contribution is -2.60. The summed E-state index contributed by atoms with van der Waals surface area (Å²) in [6, 6.07) is 0. The zero-order valence-electron chi connectivity index (χ0n) is 13.2. The Hall–Kier alpha value is -0.683. The maximum atomic E-state index is 12.3. The van der Waals surface area contributed by atoms with Crippen molar-refractivity contribution in [3.8, 4) is 0 Å². The van der Waals surface area contributed by atoms with Gasteiger partial charge in [0.25, 0.3) is 0 Å². The lowest BCUT2D eigenvalue weighted by Gasteiger charge is -2.54. The van der Waals surface area contributed by atoms with Crippen molar-refractivity contribution in [2.45, 2.75) is 76.6 Å². The first-order valence-electron chi connectivity index (χ1n) is 7.41. The van der Waals surface area contributed by atoms with Crippen molar-refractivity contribution in [2.24, 2.45) is 5.41 Å². The van der Waals surface area contributed by atoms with Gasteiger partial charge in [0.15, 0.2) is 14.1 Å². The minimum Gasteiger partial charge on any atom is -0.480 e. The van der Waals surface area contributed by atoms with Crippen LogP contribution in [0.25, 0.3) is 0 Å². The molecule has 3 aliphatic carbocycles. The first-order valence-corrected chi connectivity index (χ1v) is 10.3. The number of carbonyl (C=O) groups is 2. The first kappa shape index (κ1) is 15.7. The second kappa shape index (κ2) is 4.40. The molecule has 2 bridgehead atoms. The SMILES string of the molecule is CC(C)(C)[Si](C)(C)OC12CCC(C(=O)O)(CC1)C(=O)C2. The standard InChI is InChI=1S/C15H26O4Si/c1-13(2,3)20(4,5)19-14-6-8-15(9-7-14,12(17)18)11(16)10-14/h6-10H2,1-5H3,(H,17,18). The highest BCUT2D eigenvalue weighted by Crippen LogP contribution is 2.54. The zero-order chi connectivity index (χ0) is 15.4. The van der Waals surface area contributed by atoms with E-state index in [0.29, 0.717) is 25.7 Å². The maximum Gasteiger partial charge on any atom is 0.317 e. The second-order valence-electron chi connectivity index (χ2n) is 8.03. The summed E-state index contributed by atoms with van der Waals surface area (Å²) >= 11 is 0. The summed E-state index contributed by atoms with van der Waals surface area (Å²) in [7, 11) is -1.94. The highest BCUT2D eigenvalue weighted by molar-refractivity contribution is 6.74. The molecule has 114 valence electrons. The lowest BCUT2D eigenvalue weighted by atomic mass is 9.58. The van der Waals surface area contributed by atoms with Crippen LogP contribution >= 0.6 is 0 Å². The number of ketones is 1. The molecule has 4 nitrogen and oxygen atoms in total. The van der Waals surface area contributed by atoms with Crippen LogP contribution in [0, 0.1) is 5.41 Å². The smallest absolute Gasteiger partial charge is 0.317 e. The van der Waals surface area contributed by atoms with Crippen molar-refractivity contribution in [1.82, 2.24) is 0 Å². The van der Waals surface area contributed by atoms with Gasteiger partial charge in [-0.25, -0.2) is 0 Å². The molecule has 0 spiro atoms. The van der Waals surface area contributed by atoms with Gasteiger partial charge < -0.3 is 9.53 Å². The van der Waals surface area contributed by atoms with Crippen molar-refractivity contribution in [1.29, 1.82) is 0 Å². The number of hydrogen-bond donors (Lipinski definition) is 1. The van der Waals surface area contributed by atoms with Gasteiger partial charge in [0.1, 0.15) is 5.41 Å². The van der Waals surface area contributed by atoms with Crippen molar-refractivity contribution in [3.63, 3.8) is 0 Å². The van der Waals surface area contributed by atoms with Gasteiger partial charge in [-0.3, -0.25) is 9.59 Å². The lowest BCUT2D eigenvalue weighted by molar-refractivity contribution is -0.171. The minimum atomic E-state index is -1.94. The molecule has 0 saturated heterocycles. The summed E-state index contributed by atoms with van der Waals surface area (Å²) in [6.07, 6.45) is 2.58. The summed E-state index contributed by atoms with van der Waals surface area (Å²) in [5, 5.41) is 9.48. The number of carbonyl (C=O) groups excluding carboxylic acids is 1. The molecule has 3 saturated carbocycles. The van der Waals surface area contributed by atoms with E-state index in [-0.39, 0.29) is 17.2 Å². The van der Waals surface area contributed by atoms with Gasteiger partial charge in [0.05, 0.1) is 5.60 Å². The highest BCUT2D eigenvalue weighted by atomic mass is 28.4. The number of carboxylic acids is 1. The summed E-state index contributed by atoms with van der Waals surface area (Å²) in [5.41, 5.74) is -1.50. The molecule has 0 aliphatic heterocycles. The zero-order valence-corrected chi connectivity index (χ0v) is 14.2. The number of fused-ring (bicyclic) bond motifs is 3. The van der Waals surface area contributed by atoms with Crippen LogP contribution in [0.1, 0.15) is 52.9 Å². The highest BCUT2D eigenvalue weighted by Gasteiger charge is 2.60. The van der Waals surface area contributed by atoms with E-state index in [4.69, 9.17) is 4.43 Å². The monoisotopic (exact) mass is 298 g/mol. The molecular formula is C15H26O4Si. The molecule has 0 amide bonds. The normalized spacial score (nSPS) is 34.4. The molecular weight excluding hydrogens is 272 g/mol. The van der Waals surface area contributed by atoms with Crippen molar-refractivity contribution in [2.75, 3.05) is 0 Å². The molecule has 0 radical (unpaired) electrons. The number of carboxylic acid groups (broad SMARTS) is 1. The topological polar surface area (TPSA) is 63.6 Å².